The number of aliphatic hydroxyl groups excluding tert-OH is 2. The first-order chi connectivity index (χ1) is 38.1. The molecular formula is C64H70O13. The van der Waals surface area contributed by atoms with Gasteiger partial charge in [0.05, 0.1) is 72.7 Å². The molecule has 0 amide bonds. The number of aliphatic hydroxyl groups is 2. The van der Waals surface area contributed by atoms with E-state index in [-0.39, 0.29) is 59.5 Å². The highest BCUT2D eigenvalue weighted by molar-refractivity contribution is 5.19. The van der Waals surface area contributed by atoms with Crippen LogP contribution in [-0.4, -0.2) is 104 Å². The first-order valence-corrected chi connectivity index (χ1v) is 26.4. The number of hydrogen-bond donors (Lipinski definition) is 2. The summed E-state index contributed by atoms with van der Waals surface area (Å²) in [5.74, 6) is 0. The summed E-state index contributed by atoms with van der Waals surface area (Å²) >= 11 is 0. The van der Waals surface area contributed by atoms with Gasteiger partial charge in [0, 0.05) is 0 Å². The summed E-state index contributed by atoms with van der Waals surface area (Å²) in [4.78, 5) is 0. The Hall–Kier alpha value is -5.98. The van der Waals surface area contributed by atoms with Gasteiger partial charge in [0.1, 0.15) is 54.9 Å². The van der Waals surface area contributed by atoms with Crippen molar-refractivity contribution in [3.05, 3.63) is 251 Å². The van der Waals surface area contributed by atoms with Crippen molar-refractivity contribution < 1.29 is 62.3 Å². The van der Waals surface area contributed by atoms with E-state index in [2.05, 4.69) is 0 Å². The Morgan fingerprint density at radius 2 is 0.584 bits per heavy atom. The number of hydrogen-bond acceptors (Lipinski definition) is 13. The van der Waals surface area contributed by atoms with E-state index in [9.17, 15) is 10.2 Å². The maximum absolute atomic E-state index is 10.7. The van der Waals surface area contributed by atoms with Gasteiger partial charge >= 0.3 is 0 Å². The Kier molecular flexibility index (Phi) is 21.9. The number of ether oxygens (including phenoxy) is 11. The average Bonchev–Trinajstić information content (AvgIpc) is 3.52. The minimum Gasteiger partial charge on any atom is -0.394 e. The van der Waals surface area contributed by atoms with Gasteiger partial charge in [-0.15, -0.1) is 0 Å². The molecule has 0 unspecified atom stereocenters. The van der Waals surface area contributed by atoms with Crippen LogP contribution in [0, 0.1) is 0 Å². The number of rotatable bonds is 29. The van der Waals surface area contributed by atoms with Crippen LogP contribution < -0.4 is 0 Å². The van der Waals surface area contributed by atoms with E-state index in [0.717, 1.165) is 38.9 Å². The molecule has 0 aromatic heterocycles. The molecule has 11 atom stereocenters. The maximum Gasteiger partial charge on any atom is 0.187 e. The summed E-state index contributed by atoms with van der Waals surface area (Å²) in [6.07, 6.45) is -9.85. The largest absolute Gasteiger partial charge is 0.394 e. The van der Waals surface area contributed by atoms with Gasteiger partial charge in [0.25, 0.3) is 0 Å². The summed E-state index contributed by atoms with van der Waals surface area (Å²) in [5, 5.41) is 20.6. The Bertz CT molecular complexity index is 2660. The first-order valence-electron chi connectivity index (χ1n) is 26.4. The van der Waals surface area contributed by atoms with Crippen LogP contribution in [0.2, 0.25) is 0 Å². The molecule has 9 rings (SSSR count). The van der Waals surface area contributed by atoms with Crippen molar-refractivity contribution >= 4 is 0 Å². The molecule has 2 heterocycles. The lowest BCUT2D eigenvalue weighted by Gasteiger charge is -2.48. The molecule has 7 aromatic carbocycles. The molecular weight excluding hydrogens is 977 g/mol. The van der Waals surface area contributed by atoms with Crippen LogP contribution in [0.25, 0.3) is 0 Å². The highest BCUT2D eigenvalue weighted by Gasteiger charge is 2.52. The van der Waals surface area contributed by atoms with Crippen LogP contribution in [0.15, 0.2) is 212 Å². The fraction of sp³-hybridized carbons (Fsp3) is 0.344. The van der Waals surface area contributed by atoms with E-state index in [1.54, 1.807) is 0 Å². The summed E-state index contributed by atoms with van der Waals surface area (Å²) in [7, 11) is 0. The van der Waals surface area contributed by atoms with E-state index in [0.29, 0.717) is 6.61 Å². The van der Waals surface area contributed by atoms with Crippen molar-refractivity contribution in [3.63, 3.8) is 0 Å². The SMILES string of the molecule is OC[C@@H](O)CO[C@@H]1O[C@H](CO[C@H]2O[C@H](COCc3ccccc3)[C@H](OCc3ccccc3)[C@H](OCc3ccccc3)[C@H]2OCc2ccccc2)[C@H](OCc2ccccc2)[C@H](OCc2ccccc2)[C@H]1OCc1ccccc1. The minimum atomic E-state index is -1.19. The molecule has 0 radical (unpaired) electrons. The van der Waals surface area contributed by atoms with E-state index in [1.807, 2.05) is 212 Å². The zero-order valence-electron chi connectivity index (χ0n) is 43.2. The van der Waals surface area contributed by atoms with Gasteiger partial charge in [-0.05, 0) is 38.9 Å². The topological polar surface area (TPSA) is 142 Å². The molecule has 2 aliphatic heterocycles. The summed E-state index contributed by atoms with van der Waals surface area (Å²) in [6, 6.07) is 69.4. The van der Waals surface area contributed by atoms with E-state index in [4.69, 9.17) is 52.1 Å². The molecule has 13 heteroatoms. The highest BCUT2D eigenvalue weighted by Crippen LogP contribution is 2.35. The van der Waals surface area contributed by atoms with Gasteiger partial charge in [-0.2, -0.15) is 0 Å². The maximum atomic E-state index is 10.7. The molecule has 2 saturated heterocycles. The number of benzene rings is 7. The van der Waals surface area contributed by atoms with Crippen LogP contribution >= 0.6 is 0 Å². The normalized spacial score (nSPS) is 23.8. The Morgan fingerprint density at radius 1 is 0.312 bits per heavy atom. The van der Waals surface area contributed by atoms with Gasteiger partial charge in [0.2, 0.25) is 0 Å². The van der Waals surface area contributed by atoms with Gasteiger partial charge < -0.3 is 62.3 Å². The van der Waals surface area contributed by atoms with Gasteiger partial charge in [-0.1, -0.05) is 212 Å². The quantitative estimate of drug-likeness (QED) is 0.0461. The lowest BCUT2D eigenvalue weighted by atomic mass is 9.96. The van der Waals surface area contributed by atoms with Crippen molar-refractivity contribution in [2.45, 2.75) is 114 Å². The van der Waals surface area contributed by atoms with Crippen LogP contribution in [0.4, 0.5) is 0 Å². The zero-order valence-corrected chi connectivity index (χ0v) is 43.2. The molecule has 0 spiro atoms. The molecule has 2 aliphatic rings. The monoisotopic (exact) mass is 1050 g/mol. The smallest absolute Gasteiger partial charge is 0.187 e. The molecule has 2 fully saturated rings. The lowest BCUT2D eigenvalue weighted by molar-refractivity contribution is -0.354. The van der Waals surface area contributed by atoms with E-state index >= 15 is 0 Å². The fourth-order valence-electron chi connectivity index (χ4n) is 9.34. The van der Waals surface area contributed by atoms with Crippen molar-refractivity contribution in [1.29, 1.82) is 0 Å². The van der Waals surface area contributed by atoms with Crippen molar-refractivity contribution in [2.24, 2.45) is 0 Å². The fourth-order valence-corrected chi connectivity index (χ4v) is 9.34. The molecule has 2 N–H and O–H groups in total. The second-order valence-electron chi connectivity index (χ2n) is 19.2. The predicted octanol–water partition coefficient (Wildman–Crippen LogP) is 9.55. The van der Waals surface area contributed by atoms with Gasteiger partial charge in [-0.25, -0.2) is 0 Å². The third-order valence-electron chi connectivity index (χ3n) is 13.4. The molecule has 13 nitrogen and oxygen atoms in total. The van der Waals surface area contributed by atoms with Gasteiger partial charge in [-0.3, -0.25) is 0 Å². The summed E-state index contributed by atoms with van der Waals surface area (Å²) < 4.78 is 75.6. The first kappa shape index (κ1) is 55.8. The Labute approximate surface area is 452 Å². The summed E-state index contributed by atoms with van der Waals surface area (Å²) in [5.41, 5.74) is 6.68. The molecule has 0 aliphatic carbocycles. The Balaban J connectivity index is 1.07. The van der Waals surface area contributed by atoms with Crippen LogP contribution in [-0.2, 0) is 98.4 Å². The van der Waals surface area contributed by atoms with Crippen LogP contribution in [0.5, 0.6) is 0 Å². The second kappa shape index (κ2) is 30.2. The highest BCUT2D eigenvalue weighted by atomic mass is 16.8. The minimum absolute atomic E-state index is 0.118. The lowest BCUT2D eigenvalue weighted by Crippen LogP contribution is -2.64. The standard InChI is InChI=1S/C64H70O13/c65-36-54(66)44-74-63-61(72-42-52-32-18-6-19-33-52)60(71-41-51-30-16-5-17-31-51)58(69-39-49-26-12-3-13-27-49)56(77-63)46-75-64-62(73-43-53-34-20-7-21-35-53)59(70-40-50-28-14-4-15-29-50)57(68-38-48-24-10-2-11-25-48)55(76-64)45-67-37-47-22-8-1-9-23-47/h1-35,54-66H,36-46H2/t54-,55-,56-,57+,58+,59+,60+,61-,62-,63-,64+/m1/s1. The summed E-state index contributed by atoms with van der Waals surface area (Å²) in [6.45, 7) is 0.907. The van der Waals surface area contributed by atoms with Crippen molar-refractivity contribution in [2.75, 3.05) is 26.4 Å². The molecule has 77 heavy (non-hydrogen) atoms. The average molecular weight is 1050 g/mol. The predicted molar refractivity (Wildman–Crippen MR) is 289 cm³/mol. The van der Waals surface area contributed by atoms with E-state index in [1.165, 1.54) is 0 Å². The van der Waals surface area contributed by atoms with Crippen molar-refractivity contribution in [3.8, 4) is 0 Å². The molecule has 0 bridgehead atoms. The van der Waals surface area contributed by atoms with Crippen molar-refractivity contribution in [1.82, 2.24) is 0 Å². The Morgan fingerprint density at radius 3 is 0.909 bits per heavy atom. The van der Waals surface area contributed by atoms with E-state index < -0.39 is 74.1 Å². The van der Waals surface area contributed by atoms with Crippen LogP contribution in [0.1, 0.15) is 38.9 Å². The van der Waals surface area contributed by atoms with Crippen LogP contribution in [0.3, 0.4) is 0 Å². The molecule has 0 saturated carbocycles. The molecule has 7 aromatic rings. The molecule has 404 valence electrons. The zero-order chi connectivity index (χ0) is 52.7. The third kappa shape index (κ3) is 17.0. The third-order valence-corrected chi connectivity index (χ3v) is 13.4. The van der Waals surface area contributed by atoms with Gasteiger partial charge in [0.15, 0.2) is 12.6 Å². The second-order valence-corrected chi connectivity index (χ2v) is 19.2.